The van der Waals surface area contributed by atoms with Gasteiger partial charge in [-0.2, -0.15) is 14.6 Å². The molecule has 0 unspecified atom stereocenters. The molecule has 2 aromatic carbocycles. The molecule has 0 bridgehead atoms. The maximum absolute atomic E-state index is 13.9. The number of benzene rings is 2. The average Bonchev–Trinajstić information content (AvgIpc) is 3.33. The van der Waals surface area contributed by atoms with Crippen molar-refractivity contribution < 1.29 is 31.9 Å². The number of halogens is 1. The van der Waals surface area contributed by atoms with Gasteiger partial charge in [-0.25, -0.2) is 17.6 Å². The van der Waals surface area contributed by atoms with E-state index in [2.05, 4.69) is 14.7 Å². The minimum Gasteiger partial charge on any atom is -0.490 e. The SMILES string of the molecule is CCOc1cc(/C=C(/C#N)C(=O)Nc2nc(S(=O)(=O)C(C)C)ns2)ccc1OC(=O)c1ccccc1F. The highest BCUT2D eigenvalue weighted by Gasteiger charge is 2.25. The number of aromatic nitrogens is 2. The first-order valence-electron chi connectivity index (χ1n) is 10.8. The van der Waals surface area contributed by atoms with Gasteiger partial charge in [0.05, 0.1) is 17.4 Å². The highest BCUT2D eigenvalue weighted by Crippen LogP contribution is 2.30. The van der Waals surface area contributed by atoms with Crippen LogP contribution in [0.4, 0.5) is 9.52 Å². The number of sulfone groups is 1. The van der Waals surface area contributed by atoms with E-state index in [-0.39, 0.29) is 34.4 Å². The third kappa shape index (κ3) is 6.54. The molecule has 1 amide bonds. The van der Waals surface area contributed by atoms with Crippen molar-refractivity contribution in [3.8, 4) is 17.6 Å². The zero-order chi connectivity index (χ0) is 27.2. The van der Waals surface area contributed by atoms with E-state index in [0.29, 0.717) is 17.1 Å². The molecule has 0 saturated heterocycles. The lowest BCUT2D eigenvalue weighted by Gasteiger charge is -2.12. The minimum absolute atomic E-state index is 0.0166. The van der Waals surface area contributed by atoms with Crippen molar-refractivity contribution in [2.75, 3.05) is 11.9 Å². The standard InChI is InChI=1S/C24H21FN4O6S2/c1-4-34-20-12-15(9-10-19(20)35-22(31)17-7-5-6-8-18(17)25)11-16(13-26)21(30)27-23-28-24(29-36-23)37(32,33)14(2)3/h5-12,14H,4H2,1-3H3,(H,27,28,29,30)/b16-11-. The van der Waals surface area contributed by atoms with Crippen LogP contribution >= 0.6 is 11.5 Å². The van der Waals surface area contributed by atoms with E-state index in [1.165, 1.54) is 56.3 Å². The zero-order valence-corrected chi connectivity index (χ0v) is 21.5. The van der Waals surface area contributed by atoms with Gasteiger partial charge in [-0.1, -0.05) is 18.2 Å². The summed E-state index contributed by atoms with van der Waals surface area (Å²) >= 11 is 0.668. The maximum atomic E-state index is 13.9. The van der Waals surface area contributed by atoms with Crippen molar-refractivity contribution in [1.82, 2.24) is 9.36 Å². The van der Waals surface area contributed by atoms with Crippen LogP contribution in [0.2, 0.25) is 0 Å². The monoisotopic (exact) mass is 544 g/mol. The zero-order valence-electron chi connectivity index (χ0n) is 19.9. The van der Waals surface area contributed by atoms with Crippen molar-refractivity contribution in [1.29, 1.82) is 5.26 Å². The van der Waals surface area contributed by atoms with Crippen LogP contribution in [0.15, 0.2) is 53.2 Å². The van der Waals surface area contributed by atoms with E-state index < -0.39 is 37.9 Å². The van der Waals surface area contributed by atoms with E-state index in [0.717, 1.165) is 6.07 Å². The van der Waals surface area contributed by atoms with Crippen LogP contribution in [-0.4, -0.2) is 41.5 Å². The number of amides is 1. The lowest BCUT2D eigenvalue weighted by Crippen LogP contribution is -2.16. The minimum atomic E-state index is -3.72. The van der Waals surface area contributed by atoms with Crippen molar-refractivity contribution in [2.24, 2.45) is 0 Å². The molecule has 0 saturated carbocycles. The molecule has 13 heteroatoms. The van der Waals surface area contributed by atoms with E-state index in [9.17, 15) is 27.7 Å². The van der Waals surface area contributed by atoms with Gasteiger partial charge in [0.15, 0.2) is 11.5 Å². The smallest absolute Gasteiger partial charge is 0.346 e. The predicted octanol–water partition coefficient (Wildman–Crippen LogP) is 4.02. The van der Waals surface area contributed by atoms with Gasteiger partial charge in [0.25, 0.3) is 11.1 Å². The van der Waals surface area contributed by atoms with Crippen molar-refractivity contribution >= 4 is 44.5 Å². The van der Waals surface area contributed by atoms with Crippen molar-refractivity contribution in [3.63, 3.8) is 0 Å². The Kier molecular flexibility index (Phi) is 8.69. The molecular weight excluding hydrogens is 523 g/mol. The largest absolute Gasteiger partial charge is 0.490 e. The third-order valence-electron chi connectivity index (χ3n) is 4.74. The Labute approximate surface area is 216 Å². The van der Waals surface area contributed by atoms with E-state index in [1.54, 1.807) is 13.0 Å². The molecule has 1 aromatic heterocycles. The molecule has 1 heterocycles. The Balaban J connectivity index is 1.82. The lowest BCUT2D eigenvalue weighted by molar-refractivity contribution is -0.112. The number of hydrogen-bond acceptors (Lipinski definition) is 10. The van der Waals surface area contributed by atoms with Gasteiger partial charge < -0.3 is 9.47 Å². The Morgan fingerprint density at radius 3 is 2.59 bits per heavy atom. The summed E-state index contributed by atoms with van der Waals surface area (Å²) in [7, 11) is -3.72. The number of carbonyl (C=O) groups excluding carboxylic acids is 2. The fraction of sp³-hybridized carbons (Fsp3) is 0.208. The second-order valence-electron chi connectivity index (χ2n) is 7.61. The molecule has 3 rings (SSSR count). The molecule has 1 N–H and O–H groups in total. The third-order valence-corrected chi connectivity index (χ3v) is 7.42. The molecule has 0 spiro atoms. The van der Waals surface area contributed by atoms with Crippen LogP contribution in [0.25, 0.3) is 6.08 Å². The average molecular weight is 545 g/mol. The summed E-state index contributed by atoms with van der Waals surface area (Å²) in [5.41, 5.74) is -0.207. The Bertz CT molecular complexity index is 1510. The molecule has 10 nitrogen and oxygen atoms in total. The van der Waals surface area contributed by atoms with Gasteiger partial charge in [-0.05, 0) is 56.7 Å². The van der Waals surface area contributed by atoms with Crippen LogP contribution in [0.3, 0.4) is 0 Å². The van der Waals surface area contributed by atoms with Crippen molar-refractivity contribution in [2.45, 2.75) is 31.2 Å². The first kappa shape index (κ1) is 27.4. The number of anilines is 1. The molecule has 37 heavy (non-hydrogen) atoms. The summed E-state index contributed by atoms with van der Waals surface area (Å²) in [6.07, 6.45) is 1.26. The fourth-order valence-corrected chi connectivity index (χ4v) is 4.51. The molecule has 0 aliphatic heterocycles. The summed E-state index contributed by atoms with van der Waals surface area (Å²) in [5.74, 6) is -2.34. The highest BCUT2D eigenvalue weighted by atomic mass is 32.2. The number of rotatable bonds is 9. The van der Waals surface area contributed by atoms with Gasteiger partial charge in [0, 0.05) is 11.5 Å². The van der Waals surface area contributed by atoms with E-state index in [4.69, 9.17) is 9.47 Å². The summed E-state index contributed by atoms with van der Waals surface area (Å²) in [5, 5.41) is 10.6. The molecule has 192 valence electrons. The Hall–Kier alpha value is -4.15. The molecule has 0 aliphatic carbocycles. The maximum Gasteiger partial charge on any atom is 0.346 e. The van der Waals surface area contributed by atoms with Gasteiger partial charge in [-0.15, -0.1) is 0 Å². The van der Waals surface area contributed by atoms with Crippen LogP contribution in [0.1, 0.15) is 36.7 Å². The number of nitriles is 1. The summed E-state index contributed by atoms with van der Waals surface area (Å²) in [4.78, 5) is 28.8. The second kappa shape index (κ2) is 11.7. The first-order chi connectivity index (χ1) is 17.6. The second-order valence-corrected chi connectivity index (χ2v) is 10.8. The predicted molar refractivity (Wildman–Crippen MR) is 133 cm³/mol. The molecule has 0 radical (unpaired) electrons. The van der Waals surface area contributed by atoms with Gasteiger partial charge in [-0.3, -0.25) is 10.1 Å². The van der Waals surface area contributed by atoms with Crippen LogP contribution in [-0.2, 0) is 14.6 Å². The number of esters is 1. The number of ether oxygens (including phenoxy) is 2. The number of nitrogens with zero attached hydrogens (tertiary/aromatic N) is 3. The van der Waals surface area contributed by atoms with Crippen LogP contribution < -0.4 is 14.8 Å². The number of hydrogen-bond donors (Lipinski definition) is 1. The van der Waals surface area contributed by atoms with Gasteiger partial charge >= 0.3 is 5.97 Å². The van der Waals surface area contributed by atoms with Gasteiger partial charge in [0.2, 0.25) is 15.0 Å². The van der Waals surface area contributed by atoms with Gasteiger partial charge in [0.1, 0.15) is 17.5 Å². The molecule has 3 aromatic rings. The van der Waals surface area contributed by atoms with E-state index in [1.807, 2.05) is 0 Å². The topological polar surface area (TPSA) is 148 Å². The summed E-state index contributed by atoms with van der Waals surface area (Å²) < 4.78 is 52.9. The Morgan fingerprint density at radius 2 is 1.95 bits per heavy atom. The number of carbonyl (C=O) groups is 2. The quantitative estimate of drug-likeness (QED) is 0.182. The van der Waals surface area contributed by atoms with E-state index >= 15 is 0 Å². The van der Waals surface area contributed by atoms with Crippen molar-refractivity contribution in [3.05, 3.63) is 65.0 Å². The lowest BCUT2D eigenvalue weighted by atomic mass is 10.1. The molecular formula is C24H21FN4O6S2. The molecule has 0 aliphatic rings. The first-order valence-corrected chi connectivity index (χ1v) is 13.1. The molecule has 0 atom stereocenters. The Morgan fingerprint density at radius 1 is 1.22 bits per heavy atom. The summed E-state index contributed by atoms with van der Waals surface area (Å²) in [6.45, 7) is 4.87. The van der Waals surface area contributed by atoms with Crippen LogP contribution in [0.5, 0.6) is 11.5 Å². The summed E-state index contributed by atoms with van der Waals surface area (Å²) in [6, 6.07) is 11.4. The molecule has 0 fully saturated rings. The highest BCUT2D eigenvalue weighted by molar-refractivity contribution is 7.91. The number of nitrogens with one attached hydrogen (secondary N) is 1. The fourth-order valence-electron chi connectivity index (χ4n) is 2.82. The van der Waals surface area contributed by atoms with Crippen LogP contribution in [0, 0.1) is 17.1 Å². The normalized spacial score (nSPS) is 11.6.